The average Bonchev–Trinajstić information content (AvgIpc) is 2.64. The highest BCUT2D eigenvalue weighted by Gasteiger charge is 2.30. The second-order valence-electron chi connectivity index (χ2n) is 3.72. The molecule has 1 aliphatic rings. The number of amides is 3. The molecule has 1 N–H and O–H groups in total. The third-order valence-corrected chi connectivity index (χ3v) is 2.46. The lowest BCUT2D eigenvalue weighted by Gasteiger charge is -2.20. The minimum Gasteiger partial charge on any atom is -0.359 e. The van der Waals surface area contributed by atoms with Crippen molar-refractivity contribution in [3.8, 4) is 0 Å². The van der Waals surface area contributed by atoms with Crippen LogP contribution in [-0.4, -0.2) is 56.0 Å². The lowest BCUT2D eigenvalue weighted by molar-refractivity contribution is -0.124. The molecule has 1 rings (SSSR count). The van der Waals surface area contributed by atoms with Crippen LogP contribution in [-0.2, 0) is 4.79 Å². The molecular weight excluding hydrogens is 182 g/mol. The van der Waals surface area contributed by atoms with E-state index in [1.165, 1.54) is 4.90 Å². The molecule has 0 aromatic carbocycles. The molecule has 14 heavy (non-hydrogen) atoms. The summed E-state index contributed by atoms with van der Waals surface area (Å²) in [6.45, 7) is 1.21. The summed E-state index contributed by atoms with van der Waals surface area (Å²) in [5.74, 6) is -0.0112. The van der Waals surface area contributed by atoms with Crippen LogP contribution in [0.4, 0.5) is 4.79 Å². The number of hydrogen-bond donors (Lipinski definition) is 1. The predicted molar refractivity (Wildman–Crippen MR) is 52.8 cm³/mol. The Morgan fingerprint density at radius 3 is 2.57 bits per heavy atom. The first-order chi connectivity index (χ1) is 6.56. The topological polar surface area (TPSA) is 52.7 Å². The number of rotatable bonds is 1. The molecule has 80 valence electrons. The summed E-state index contributed by atoms with van der Waals surface area (Å²) in [4.78, 5) is 26.1. The molecule has 0 bridgehead atoms. The molecule has 0 radical (unpaired) electrons. The molecule has 1 fully saturated rings. The van der Waals surface area contributed by atoms with Crippen LogP contribution in [0.15, 0.2) is 0 Å². The zero-order chi connectivity index (χ0) is 10.7. The fourth-order valence-electron chi connectivity index (χ4n) is 1.63. The maximum Gasteiger partial charge on any atom is 0.319 e. The number of carbonyl (C=O) groups excluding carboxylic acids is 2. The fraction of sp³-hybridized carbons (Fsp3) is 0.778. The zero-order valence-corrected chi connectivity index (χ0v) is 8.91. The second-order valence-corrected chi connectivity index (χ2v) is 3.72. The average molecular weight is 199 g/mol. The van der Waals surface area contributed by atoms with Crippen LogP contribution < -0.4 is 5.32 Å². The van der Waals surface area contributed by atoms with Crippen molar-refractivity contribution in [1.82, 2.24) is 15.1 Å². The third-order valence-electron chi connectivity index (χ3n) is 2.46. The SMILES string of the molecule is CNC(=O)C1CCN(C(=O)N(C)C)C1. The Morgan fingerprint density at radius 2 is 2.07 bits per heavy atom. The highest BCUT2D eigenvalue weighted by Crippen LogP contribution is 2.16. The Labute approximate surface area is 84.0 Å². The van der Waals surface area contributed by atoms with E-state index in [4.69, 9.17) is 0 Å². The largest absolute Gasteiger partial charge is 0.359 e. The summed E-state index contributed by atoms with van der Waals surface area (Å²) >= 11 is 0. The van der Waals surface area contributed by atoms with E-state index in [9.17, 15) is 9.59 Å². The van der Waals surface area contributed by atoms with E-state index in [1.807, 2.05) is 0 Å². The number of hydrogen-bond acceptors (Lipinski definition) is 2. The van der Waals surface area contributed by atoms with Crippen LogP contribution in [0.1, 0.15) is 6.42 Å². The smallest absolute Gasteiger partial charge is 0.319 e. The number of likely N-dealkylation sites (tertiary alicyclic amines) is 1. The van der Waals surface area contributed by atoms with E-state index in [0.717, 1.165) is 6.42 Å². The molecule has 1 unspecified atom stereocenters. The maximum absolute atomic E-state index is 11.5. The molecule has 0 spiro atoms. The Morgan fingerprint density at radius 1 is 1.43 bits per heavy atom. The minimum absolute atomic E-state index is 0.0172. The van der Waals surface area contributed by atoms with Crippen LogP contribution in [0.2, 0.25) is 0 Å². The first-order valence-corrected chi connectivity index (χ1v) is 4.74. The van der Waals surface area contributed by atoms with Gasteiger partial charge in [-0.2, -0.15) is 0 Å². The van der Waals surface area contributed by atoms with Gasteiger partial charge in [0.1, 0.15) is 0 Å². The van der Waals surface area contributed by atoms with Gasteiger partial charge in [0.25, 0.3) is 0 Å². The molecule has 0 saturated carbocycles. The van der Waals surface area contributed by atoms with Crippen LogP contribution >= 0.6 is 0 Å². The summed E-state index contributed by atoms with van der Waals surface area (Å²) in [6, 6.07) is -0.0172. The Bertz CT molecular complexity index is 240. The number of carbonyl (C=O) groups is 2. The van der Waals surface area contributed by atoms with Crippen LogP contribution in [0.3, 0.4) is 0 Å². The highest BCUT2D eigenvalue weighted by atomic mass is 16.2. The molecule has 1 aliphatic heterocycles. The summed E-state index contributed by atoms with van der Waals surface area (Å²) < 4.78 is 0. The number of nitrogens with zero attached hydrogens (tertiary/aromatic N) is 2. The van der Waals surface area contributed by atoms with Gasteiger partial charge in [0.2, 0.25) is 5.91 Å². The zero-order valence-electron chi connectivity index (χ0n) is 8.91. The normalized spacial score (nSPS) is 20.8. The van der Waals surface area contributed by atoms with Gasteiger partial charge >= 0.3 is 6.03 Å². The quantitative estimate of drug-likeness (QED) is 0.632. The van der Waals surface area contributed by atoms with Gasteiger partial charge < -0.3 is 15.1 Å². The second kappa shape index (κ2) is 4.30. The fourth-order valence-corrected chi connectivity index (χ4v) is 1.63. The van der Waals surface area contributed by atoms with E-state index < -0.39 is 0 Å². The molecule has 3 amide bonds. The van der Waals surface area contributed by atoms with Crippen molar-refractivity contribution in [3.05, 3.63) is 0 Å². The van der Waals surface area contributed by atoms with Crippen LogP contribution in [0.5, 0.6) is 0 Å². The van der Waals surface area contributed by atoms with Crippen LogP contribution in [0, 0.1) is 5.92 Å². The standard InChI is InChI=1S/C9H17N3O2/c1-10-8(13)7-4-5-12(6-7)9(14)11(2)3/h7H,4-6H2,1-3H3,(H,10,13). The Kier molecular flexibility index (Phi) is 3.33. The van der Waals surface area contributed by atoms with Gasteiger partial charge in [0, 0.05) is 34.2 Å². The molecule has 5 nitrogen and oxygen atoms in total. The van der Waals surface area contributed by atoms with Crippen molar-refractivity contribution in [2.45, 2.75) is 6.42 Å². The predicted octanol–water partition coefficient (Wildman–Crippen LogP) is -0.264. The number of nitrogens with one attached hydrogen (secondary N) is 1. The lowest BCUT2D eigenvalue weighted by atomic mass is 10.1. The minimum atomic E-state index is -0.0381. The van der Waals surface area contributed by atoms with Gasteiger partial charge in [-0.1, -0.05) is 0 Å². The molecule has 0 aliphatic carbocycles. The van der Waals surface area contributed by atoms with Gasteiger partial charge in [-0.05, 0) is 6.42 Å². The van der Waals surface area contributed by atoms with E-state index in [2.05, 4.69) is 5.32 Å². The van der Waals surface area contributed by atoms with Crippen molar-refractivity contribution in [2.75, 3.05) is 34.2 Å². The van der Waals surface area contributed by atoms with Gasteiger partial charge in [0.15, 0.2) is 0 Å². The molecule has 1 atom stereocenters. The maximum atomic E-state index is 11.5. The molecule has 1 heterocycles. The van der Waals surface area contributed by atoms with Crippen molar-refractivity contribution in [1.29, 1.82) is 0 Å². The molecule has 0 aromatic heterocycles. The summed E-state index contributed by atoms with van der Waals surface area (Å²) in [7, 11) is 5.06. The van der Waals surface area contributed by atoms with Gasteiger partial charge in [-0.15, -0.1) is 0 Å². The van der Waals surface area contributed by atoms with E-state index in [-0.39, 0.29) is 17.9 Å². The Hall–Kier alpha value is -1.26. The molecular formula is C9H17N3O2. The number of urea groups is 1. The van der Waals surface area contributed by atoms with Crippen molar-refractivity contribution >= 4 is 11.9 Å². The summed E-state index contributed by atoms with van der Waals surface area (Å²) in [5, 5.41) is 2.61. The van der Waals surface area contributed by atoms with E-state index in [1.54, 1.807) is 26.0 Å². The van der Waals surface area contributed by atoms with Gasteiger partial charge in [-0.3, -0.25) is 4.79 Å². The van der Waals surface area contributed by atoms with Crippen molar-refractivity contribution < 1.29 is 9.59 Å². The first kappa shape index (κ1) is 10.8. The summed E-state index contributed by atoms with van der Waals surface area (Å²) in [5.41, 5.74) is 0. The van der Waals surface area contributed by atoms with Crippen LogP contribution in [0.25, 0.3) is 0 Å². The first-order valence-electron chi connectivity index (χ1n) is 4.74. The van der Waals surface area contributed by atoms with Crippen molar-refractivity contribution in [3.63, 3.8) is 0 Å². The molecule has 0 aromatic rings. The highest BCUT2D eigenvalue weighted by molar-refractivity contribution is 5.81. The van der Waals surface area contributed by atoms with Gasteiger partial charge in [-0.25, -0.2) is 4.79 Å². The van der Waals surface area contributed by atoms with E-state index in [0.29, 0.717) is 13.1 Å². The summed E-state index contributed by atoms with van der Waals surface area (Å²) in [6.07, 6.45) is 0.763. The Balaban J connectivity index is 2.49. The van der Waals surface area contributed by atoms with Gasteiger partial charge in [0.05, 0.1) is 5.92 Å². The molecule has 1 saturated heterocycles. The molecule has 5 heteroatoms. The van der Waals surface area contributed by atoms with E-state index >= 15 is 0 Å². The lowest BCUT2D eigenvalue weighted by Crippen LogP contribution is -2.39. The monoisotopic (exact) mass is 199 g/mol. The third kappa shape index (κ3) is 2.16. The van der Waals surface area contributed by atoms with Crippen molar-refractivity contribution in [2.24, 2.45) is 5.92 Å².